The first kappa shape index (κ1) is 11.8. The third-order valence-corrected chi connectivity index (χ3v) is 3.75. The predicted octanol–water partition coefficient (Wildman–Crippen LogP) is 4.61. The normalized spacial score (nSPS) is 23.2. The Hall–Kier alpha value is -0.720. The van der Waals surface area contributed by atoms with Crippen molar-refractivity contribution in [3.63, 3.8) is 0 Å². The maximum absolute atomic E-state index is 4.32. The molecule has 1 aliphatic carbocycles. The quantitative estimate of drug-likeness (QED) is 0.575. The van der Waals surface area contributed by atoms with E-state index >= 15 is 0 Å². The van der Waals surface area contributed by atoms with E-state index in [0.717, 1.165) is 0 Å². The molecule has 0 unspecified atom stereocenters. The van der Waals surface area contributed by atoms with E-state index < -0.39 is 0 Å². The molecule has 0 aromatic heterocycles. The van der Waals surface area contributed by atoms with E-state index in [2.05, 4.69) is 32.3 Å². The average Bonchev–Trinajstić information content (AvgIpc) is 2.55. The summed E-state index contributed by atoms with van der Waals surface area (Å²) in [6.45, 7) is 11.2. The highest BCUT2D eigenvalue weighted by molar-refractivity contribution is 5.25. The Morgan fingerprint density at radius 1 is 0.938 bits per heavy atom. The van der Waals surface area contributed by atoms with Gasteiger partial charge in [0.1, 0.15) is 0 Å². The van der Waals surface area contributed by atoms with Crippen LogP contribution in [0.15, 0.2) is 23.5 Å². The Balaban J connectivity index is 2.37. The number of hydrogen-bond acceptors (Lipinski definition) is 1. The SMILES string of the molecule is C=C1CCCCC2=C(CCC2)N1C(C)(C)C. The second kappa shape index (κ2) is 4.27. The fraction of sp³-hybridized carbons (Fsp3) is 0.733. The Kier molecular flexibility index (Phi) is 3.14. The van der Waals surface area contributed by atoms with Crippen LogP contribution in [0.5, 0.6) is 0 Å². The second-order valence-corrected chi connectivity index (χ2v) is 6.18. The fourth-order valence-corrected chi connectivity index (χ4v) is 3.18. The zero-order chi connectivity index (χ0) is 11.8. The van der Waals surface area contributed by atoms with Crippen molar-refractivity contribution in [1.29, 1.82) is 0 Å². The largest absolute Gasteiger partial charge is 0.344 e. The summed E-state index contributed by atoms with van der Waals surface area (Å²) in [5.74, 6) is 0. The Morgan fingerprint density at radius 2 is 1.56 bits per heavy atom. The minimum absolute atomic E-state index is 0.194. The molecule has 0 amide bonds. The van der Waals surface area contributed by atoms with E-state index in [1.807, 2.05) is 0 Å². The number of hydrogen-bond donors (Lipinski definition) is 0. The van der Waals surface area contributed by atoms with E-state index in [4.69, 9.17) is 0 Å². The van der Waals surface area contributed by atoms with Crippen molar-refractivity contribution in [3.8, 4) is 0 Å². The molecule has 0 radical (unpaired) electrons. The molecule has 0 aromatic carbocycles. The molecule has 0 spiro atoms. The van der Waals surface area contributed by atoms with Gasteiger partial charge in [-0.2, -0.15) is 0 Å². The molecule has 0 saturated heterocycles. The lowest BCUT2D eigenvalue weighted by Crippen LogP contribution is -2.40. The van der Waals surface area contributed by atoms with Crippen LogP contribution < -0.4 is 0 Å². The summed E-state index contributed by atoms with van der Waals surface area (Å²) in [7, 11) is 0. The maximum Gasteiger partial charge on any atom is 0.0360 e. The van der Waals surface area contributed by atoms with Gasteiger partial charge < -0.3 is 4.90 Å². The molecule has 1 heteroatoms. The van der Waals surface area contributed by atoms with Gasteiger partial charge in [-0.15, -0.1) is 0 Å². The summed E-state index contributed by atoms with van der Waals surface area (Å²) >= 11 is 0. The number of nitrogens with zero attached hydrogens (tertiary/aromatic N) is 1. The van der Waals surface area contributed by atoms with Gasteiger partial charge >= 0.3 is 0 Å². The van der Waals surface area contributed by atoms with Crippen LogP contribution in [0.3, 0.4) is 0 Å². The first-order valence-corrected chi connectivity index (χ1v) is 6.69. The third kappa shape index (κ3) is 2.18. The van der Waals surface area contributed by atoms with Crippen LogP contribution in [0.4, 0.5) is 0 Å². The summed E-state index contributed by atoms with van der Waals surface area (Å²) in [6, 6.07) is 0. The van der Waals surface area contributed by atoms with E-state index in [1.165, 1.54) is 50.6 Å². The maximum atomic E-state index is 4.32. The highest BCUT2D eigenvalue weighted by atomic mass is 15.2. The zero-order valence-electron chi connectivity index (χ0n) is 11.1. The smallest absolute Gasteiger partial charge is 0.0360 e. The van der Waals surface area contributed by atoms with Crippen molar-refractivity contribution in [2.75, 3.05) is 0 Å². The fourth-order valence-electron chi connectivity index (χ4n) is 3.18. The van der Waals surface area contributed by atoms with Crippen LogP contribution in [0.25, 0.3) is 0 Å². The van der Waals surface area contributed by atoms with Gasteiger partial charge in [0, 0.05) is 16.9 Å². The molecular formula is C15H25N. The summed E-state index contributed by atoms with van der Waals surface area (Å²) < 4.78 is 0. The average molecular weight is 219 g/mol. The van der Waals surface area contributed by atoms with Gasteiger partial charge in [-0.1, -0.05) is 12.2 Å². The van der Waals surface area contributed by atoms with Gasteiger partial charge in [-0.25, -0.2) is 0 Å². The van der Waals surface area contributed by atoms with Gasteiger partial charge in [0.25, 0.3) is 0 Å². The molecule has 2 aliphatic rings. The van der Waals surface area contributed by atoms with Crippen LogP contribution in [-0.2, 0) is 0 Å². The lowest BCUT2D eigenvalue weighted by Gasteiger charge is -2.41. The van der Waals surface area contributed by atoms with Crippen molar-refractivity contribution in [2.45, 2.75) is 71.3 Å². The van der Waals surface area contributed by atoms with Gasteiger partial charge in [0.15, 0.2) is 0 Å². The first-order valence-electron chi connectivity index (χ1n) is 6.69. The Labute approximate surface area is 100 Å². The molecule has 0 saturated carbocycles. The Morgan fingerprint density at radius 3 is 2.25 bits per heavy atom. The van der Waals surface area contributed by atoms with Gasteiger partial charge in [0.2, 0.25) is 0 Å². The minimum Gasteiger partial charge on any atom is -0.344 e. The molecule has 0 N–H and O–H groups in total. The second-order valence-electron chi connectivity index (χ2n) is 6.18. The third-order valence-electron chi connectivity index (χ3n) is 3.75. The molecular weight excluding hydrogens is 194 g/mol. The summed E-state index contributed by atoms with van der Waals surface area (Å²) in [5, 5.41) is 0. The van der Waals surface area contributed by atoms with Crippen LogP contribution in [0, 0.1) is 0 Å². The highest BCUT2D eigenvalue weighted by Crippen LogP contribution is 2.40. The van der Waals surface area contributed by atoms with Crippen LogP contribution in [0.2, 0.25) is 0 Å². The van der Waals surface area contributed by atoms with E-state index in [0.29, 0.717) is 0 Å². The van der Waals surface area contributed by atoms with Crippen LogP contribution >= 0.6 is 0 Å². The van der Waals surface area contributed by atoms with Gasteiger partial charge in [-0.3, -0.25) is 0 Å². The molecule has 90 valence electrons. The standard InChI is InChI=1S/C15H25N/c1-12-8-5-6-9-13-10-7-11-14(13)16(12)15(2,3)4/h1,5-11H2,2-4H3. The van der Waals surface area contributed by atoms with Crippen molar-refractivity contribution >= 4 is 0 Å². The lowest BCUT2D eigenvalue weighted by molar-refractivity contribution is 0.220. The monoisotopic (exact) mass is 219 g/mol. The van der Waals surface area contributed by atoms with Crippen LogP contribution in [0.1, 0.15) is 65.7 Å². The van der Waals surface area contributed by atoms with Crippen molar-refractivity contribution in [3.05, 3.63) is 23.5 Å². The molecule has 0 aromatic rings. The van der Waals surface area contributed by atoms with Crippen LogP contribution in [-0.4, -0.2) is 10.4 Å². The Bertz CT molecular complexity index is 317. The predicted molar refractivity (Wildman–Crippen MR) is 70.1 cm³/mol. The molecule has 1 nitrogen and oxygen atoms in total. The van der Waals surface area contributed by atoms with E-state index in [-0.39, 0.29) is 5.54 Å². The molecule has 2 rings (SSSR count). The highest BCUT2D eigenvalue weighted by Gasteiger charge is 2.30. The number of rotatable bonds is 0. The summed E-state index contributed by atoms with van der Waals surface area (Å²) in [5.41, 5.74) is 4.86. The number of allylic oxidation sites excluding steroid dienone is 3. The van der Waals surface area contributed by atoms with E-state index in [1.54, 1.807) is 11.3 Å². The van der Waals surface area contributed by atoms with Gasteiger partial charge in [0.05, 0.1) is 0 Å². The minimum atomic E-state index is 0.194. The van der Waals surface area contributed by atoms with Crippen molar-refractivity contribution in [1.82, 2.24) is 4.90 Å². The molecule has 1 aliphatic heterocycles. The zero-order valence-corrected chi connectivity index (χ0v) is 11.1. The molecule has 0 atom stereocenters. The first-order chi connectivity index (χ1) is 7.50. The molecule has 0 fully saturated rings. The lowest BCUT2D eigenvalue weighted by atomic mass is 9.96. The van der Waals surface area contributed by atoms with E-state index in [9.17, 15) is 0 Å². The molecule has 16 heavy (non-hydrogen) atoms. The topological polar surface area (TPSA) is 3.24 Å². The van der Waals surface area contributed by atoms with Crippen molar-refractivity contribution in [2.24, 2.45) is 0 Å². The van der Waals surface area contributed by atoms with Crippen molar-refractivity contribution < 1.29 is 0 Å². The summed E-state index contributed by atoms with van der Waals surface area (Å²) in [6.07, 6.45) is 9.12. The van der Waals surface area contributed by atoms with Gasteiger partial charge in [-0.05, 0) is 65.7 Å². The molecule has 0 bridgehead atoms. The molecule has 1 heterocycles. The summed E-state index contributed by atoms with van der Waals surface area (Å²) in [4.78, 5) is 2.54.